The van der Waals surface area contributed by atoms with Crippen LogP contribution < -0.4 is 0 Å². The summed E-state index contributed by atoms with van der Waals surface area (Å²) in [4.78, 5) is 21.9. The van der Waals surface area contributed by atoms with E-state index >= 15 is 0 Å². The highest BCUT2D eigenvalue weighted by Gasteiger charge is 2.26. The molecule has 0 aromatic carbocycles. The maximum Gasteiger partial charge on any atom is 0.474 e. The summed E-state index contributed by atoms with van der Waals surface area (Å²) in [5.74, 6) is -0.828. The Labute approximate surface area is 193 Å². The summed E-state index contributed by atoms with van der Waals surface area (Å²) >= 11 is 0. The van der Waals surface area contributed by atoms with Crippen LogP contribution in [0.4, 0.5) is 0 Å². The van der Waals surface area contributed by atoms with Gasteiger partial charge in [0.05, 0.1) is 33.0 Å². The van der Waals surface area contributed by atoms with E-state index in [1.165, 1.54) is 0 Å². The molecule has 0 radical (unpaired) electrons. The third kappa shape index (κ3) is 19.2. The van der Waals surface area contributed by atoms with Gasteiger partial charge in [-0.25, -0.2) is 14.2 Å². The Hall–Kier alpha value is -1.47. The van der Waals surface area contributed by atoms with Crippen LogP contribution in [0.25, 0.3) is 0 Å². The van der Waals surface area contributed by atoms with Crippen molar-refractivity contribution in [2.75, 3.05) is 33.0 Å². The highest BCUT2D eigenvalue weighted by molar-refractivity contribution is 7.48. The summed E-state index contributed by atoms with van der Waals surface area (Å²) in [5.41, 5.74) is 0. The average Bonchev–Trinajstić information content (AvgIpc) is 2.79. The number of esters is 2. The maximum absolute atomic E-state index is 12.9. The largest absolute Gasteiger partial charge is 0.474 e. The van der Waals surface area contributed by atoms with Gasteiger partial charge in [0.2, 0.25) is 0 Å². The van der Waals surface area contributed by atoms with E-state index in [0.29, 0.717) is 32.7 Å². The number of phosphoric acid groups is 1. The van der Waals surface area contributed by atoms with Crippen LogP contribution in [-0.4, -0.2) is 45.0 Å². The quantitative estimate of drug-likeness (QED) is 0.0776. The van der Waals surface area contributed by atoms with Gasteiger partial charge in [-0.3, -0.25) is 13.6 Å². The fourth-order valence-corrected chi connectivity index (χ4v) is 3.85. The van der Waals surface area contributed by atoms with Gasteiger partial charge in [0.1, 0.15) is 0 Å². The zero-order valence-electron chi connectivity index (χ0n) is 19.6. The van der Waals surface area contributed by atoms with Crippen LogP contribution in [0.15, 0.2) is 25.3 Å². The van der Waals surface area contributed by atoms with Gasteiger partial charge in [-0.05, 0) is 44.9 Å². The van der Waals surface area contributed by atoms with Crippen LogP contribution >= 0.6 is 7.82 Å². The molecule has 0 heterocycles. The minimum Gasteiger partial charge on any atom is -0.463 e. The molecule has 0 atom stereocenters. The minimum atomic E-state index is -3.58. The number of hydrogen-bond acceptors (Lipinski definition) is 8. The zero-order chi connectivity index (χ0) is 23.9. The van der Waals surface area contributed by atoms with Crippen molar-refractivity contribution in [3.05, 3.63) is 25.3 Å². The Morgan fingerprint density at radius 3 is 1.31 bits per heavy atom. The van der Waals surface area contributed by atoms with Crippen LogP contribution in [0.2, 0.25) is 0 Å². The van der Waals surface area contributed by atoms with Crippen molar-refractivity contribution in [1.82, 2.24) is 0 Å². The van der Waals surface area contributed by atoms with Crippen molar-refractivity contribution in [1.29, 1.82) is 0 Å². The van der Waals surface area contributed by atoms with Crippen LogP contribution in [0.5, 0.6) is 0 Å². The predicted molar refractivity (Wildman–Crippen MR) is 124 cm³/mol. The summed E-state index contributed by atoms with van der Waals surface area (Å²) in [7, 11) is -3.58. The summed E-state index contributed by atoms with van der Waals surface area (Å²) in [6.07, 6.45) is 11.5. The van der Waals surface area contributed by atoms with Gasteiger partial charge in [0.15, 0.2) is 0 Å². The van der Waals surface area contributed by atoms with Gasteiger partial charge in [-0.15, -0.1) is 0 Å². The first kappa shape index (κ1) is 30.5. The monoisotopic (exact) mass is 476 g/mol. The molecule has 8 nitrogen and oxygen atoms in total. The Balaban J connectivity index is 4.03. The van der Waals surface area contributed by atoms with Crippen molar-refractivity contribution < 1.29 is 37.2 Å². The van der Waals surface area contributed by atoms with Gasteiger partial charge in [0, 0.05) is 12.2 Å². The molecule has 0 fully saturated rings. The zero-order valence-corrected chi connectivity index (χ0v) is 20.5. The van der Waals surface area contributed by atoms with Crippen molar-refractivity contribution >= 4 is 19.8 Å². The van der Waals surface area contributed by atoms with E-state index in [-0.39, 0.29) is 13.2 Å². The Morgan fingerprint density at radius 1 is 0.625 bits per heavy atom. The number of phosphoric ester groups is 1. The second-order valence-electron chi connectivity index (χ2n) is 7.23. The third-order valence-corrected chi connectivity index (χ3v) is 5.89. The van der Waals surface area contributed by atoms with Crippen LogP contribution in [0, 0.1) is 0 Å². The average molecular weight is 477 g/mol. The molecule has 0 amide bonds. The van der Waals surface area contributed by atoms with E-state index in [4.69, 9.17) is 23.0 Å². The van der Waals surface area contributed by atoms with Gasteiger partial charge in [0.25, 0.3) is 0 Å². The first-order chi connectivity index (χ1) is 15.5. The van der Waals surface area contributed by atoms with Crippen molar-refractivity contribution in [2.24, 2.45) is 0 Å². The van der Waals surface area contributed by atoms with E-state index in [2.05, 4.69) is 20.1 Å². The molecule has 0 bridgehead atoms. The van der Waals surface area contributed by atoms with Gasteiger partial charge in [-0.2, -0.15) is 0 Å². The Bertz CT molecular complexity index is 524. The van der Waals surface area contributed by atoms with Crippen LogP contribution in [0.1, 0.15) is 77.6 Å². The fraction of sp³-hybridized carbons (Fsp3) is 0.739. The smallest absolute Gasteiger partial charge is 0.463 e. The number of carbonyl (C=O) groups excluding carboxylic acids is 2. The lowest BCUT2D eigenvalue weighted by atomic mass is 10.2. The van der Waals surface area contributed by atoms with E-state index in [9.17, 15) is 14.2 Å². The molecule has 0 spiro atoms. The maximum atomic E-state index is 12.9. The van der Waals surface area contributed by atoms with Crippen LogP contribution in [-0.2, 0) is 37.2 Å². The molecule has 0 unspecified atom stereocenters. The summed E-state index contributed by atoms with van der Waals surface area (Å²) in [6, 6.07) is 0. The number of hydrogen-bond donors (Lipinski definition) is 0. The standard InChI is InChI=1S/C23H41O8P/c1-4-7-12-19-29-32(26,30-20-15-10-8-13-17-27-22(24)5-2)31-21-16-11-9-14-18-28-23(25)6-3/h5-6H,2-4,7-21H2,1H3. The molecule has 9 heteroatoms. The molecule has 0 saturated heterocycles. The van der Waals surface area contributed by atoms with Crippen molar-refractivity contribution in [2.45, 2.75) is 77.6 Å². The van der Waals surface area contributed by atoms with E-state index in [1.807, 2.05) is 0 Å². The van der Waals surface area contributed by atoms with Gasteiger partial charge in [-0.1, -0.05) is 45.8 Å². The highest BCUT2D eigenvalue weighted by Crippen LogP contribution is 2.50. The first-order valence-corrected chi connectivity index (χ1v) is 13.1. The molecule has 32 heavy (non-hydrogen) atoms. The van der Waals surface area contributed by atoms with E-state index in [1.54, 1.807) is 0 Å². The first-order valence-electron chi connectivity index (χ1n) is 11.6. The molecule has 186 valence electrons. The molecular weight excluding hydrogens is 435 g/mol. The lowest BCUT2D eigenvalue weighted by molar-refractivity contribution is -0.138. The van der Waals surface area contributed by atoms with E-state index < -0.39 is 19.8 Å². The normalized spacial score (nSPS) is 11.2. The summed E-state index contributed by atoms with van der Waals surface area (Å²) in [5, 5.41) is 0. The van der Waals surface area contributed by atoms with Crippen molar-refractivity contribution in [3.8, 4) is 0 Å². The molecular formula is C23H41O8P. The predicted octanol–water partition coefficient (Wildman–Crippen LogP) is 5.91. The number of ether oxygens (including phenoxy) is 2. The molecule has 0 aromatic rings. The Kier molecular flexibility index (Phi) is 20.4. The second-order valence-corrected chi connectivity index (χ2v) is 8.89. The van der Waals surface area contributed by atoms with Crippen molar-refractivity contribution in [3.63, 3.8) is 0 Å². The molecule has 0 aliphatic heterocycles. The molecule has 0 rings (SSSR count). The summed E-state index contributed by atoms with van der Waals surface area (Å²) < 4.78 is 39.2. The third-order valence-electron chi connectivity index (χ3n) is 4.40. The molecule has 0 aromatic heterocycles. The van der Waals surface area contributed by atoms with Gasteiger partial charge < -0.3 is 9.47 Å². The lowest BCUT2D eigenvalue weighted by Gasteiger charge is -2.18. The Morgan fingerprint density at radius 2 is 0.969 bits per heavy atom. The molecule has 0 saturated carbocycles. The molecule has 0 N–H and O–H groups in total. The minimum absolute atomic E-state index is 0.284. The van der Waals surface area contributed by atoms with E-state index in [0.717, 1.165) is 69.9 Å². The fourth-order valence-electron chi connectivity index (χ4n) is 2.57. The van der Waals surface area contributed by atoms with Gasteiger partial charge >= 0.3 is 19.8 Å². The SMILES string of the molecule is C=CC(=O)OCCCCCCOP(=O)(OCCCCC)OCCCCCCOC(=O)C=C. The molecule has 0 aliphatic carbocycles. The van der Waals surface area contributed by atoms with Crippen LogP contribution in [0.3, 0.4) is 0 Å². The topological polar surface area (TPSA) is 97.4 Å². The highest BCUT2D eigenvalue weighted by atomic mass is 31.2. The lowest BCUT2D eigenvalue weighted by Crippen LogP contribution is -2.05. The second kappa shape index (κ2) is 21.4. The summed E-state index contributed by atoms with van der Waals surface area (Å²) in [6.45, 7) is 10.4. The number of unbranched alkanes of at least 4 members (excludes halogenated alkanes) is 8. The molecule has 0 aliphatic rings. The number of carbonyl (C=O) groups is 2. The number of rotatable bonds is 23.